The van der Waals surface area contributed by atoms with Crippen molar-refractivity contribution in [3.63, 3.8) is 0 Å². The van der Waals surface area contributed by atoms with Crippen LogP contribution in [0.1, 0.15) is 5.56 Å². The van der Waals surface area contributed by atoms with E-state index < -0.39 is 0 Å². The highest BCUT2D eigenvalue weighted by Gasteiger charge is 2.19. The van der Waals surface area contributed by atoms with Crippen LogP contribution in [0.25, 0.3) is 22.5 Å². The first-order valence-electron chi connectivity index (χ1n) is 6.24. The zero-order chi connectivity index (χ0) is 14.1. The van der Waals surface area contributed by atoms with Gasteiger partial charge in [0, 0.05) is 5.56 Å². The number of nitrogens with zero attached hydrogens (tertiary/aromatic N) is 1. The largest absolute Gasteiger partial charge is 0.380 e. The molecule has 1 heterocycles. The van der Waals surface area contributed by atoms with Crippen LogP contribution in [0, 0.1) is 6.92 Å². The fourth-order valence-electron chi connectivity index (χ4n) is 2.19. The number of rotatable bonds is 2. The molecule has 20 heavy (non-hydrogen) atoms. The average Bonchev–Trinajstić information content (AvgIpc) is 2.84. The van der Waals surface area contributed by atoms with Crippen molar-refractivity contribution in [1.29, 1.82) is 0 Å². The van der Waals surface area contributed by atoms with Crippen LogP contribution in [0.3, 0.4) is 0 Å². The van der Waals surface area contributed by atoms with Crippen molar-refractivity contribution in [3.05, 3.63) is 59.1 Å². The molecule has 0 aliphatic carbocycles. The second-order valence-corrected chi connectivity index (χ2v) is 4.95. The predicted molar refractivity (Wildman–Crippen MR) is 81.5 cm³/mol. The van der Waals surface area contributed by atoms with Gasteiger partial charge in [-0.1, -0.05) is 59.2 Å². The van der Waals surface area contributed by atoms with Crippen LogP contribution >= 0.6 is 11.6 Å². The predicted octanol–water partition coefficient (Wildman–Crippen LogP) is 4.55. The zero-order valence-electron chi connectivity index (χ0n) is 10.9. The molecule has 0 atom stereocenters. The highest BCUT2D eigenvalue weighted by Crippen LogP contribution is 2.40. The quantitative estimate of drug-likeness (QED) is 0.751. The van der Waals surface area contributed by atoms with Gasteiger partial charge in [0.05, 0.1) is 10.6 Å². The fraction of sp³-hybridized carbons (Fsp3) is 0.0625. The molecule has 1 aromatic heterocycles. The van der Waals surface area contributed by atoms with Crippen molar-refractivity contribution in [1.82, 2.24) is 5.16 Å². The van der Waals surface area contributed by atoms with Crippen molar-refractivity contribution in [2.24, 2.45) is 0 Å². The van der Waals surface area contributed by atoms with Crippen LogP contribution in [0.4, 0.5) is 5.82 Å². The molecule has 0 saturated carbocycles. The molecule has 0 saturated heterocycles. The number of anilines is 1. The molecule has 0 amide bonds. The van der Waals surface area contributed by atoms with E-state index in [4.69, 9.17) is 21.9 Å². The van der Waals surface area contributed by atoms with Crippen molar-refractivity contribution in [3.8, 4) is 22.5 Å². The second kappa shape index (κ2) is 5.02. The molecule has 100 valence electrons. The number of aryl methyl sites for hydroxylation is 1. The highest BCUT2D eigenvalue weighted by atomic mass is 35.5. The van der Waals surface area contributed by atoms with E-state index in [1.807, 2.05) is 55.5 Å². The molecule has 4 heteroatoms. The number of hydrogen-bond acceptors (Lipinski definition) is 3. The normalized spacial score (nSPS) is 10.7. The second-order valence-electron chi connectivity index (χ2n) is 4.57. The molecular formula is C16H13ClN2O. The van der Waals surface area contributed by atoms with Crippen LogP contribution in [0.5, 0.6) is 0 Å². The van der Waals surface area contributed by atoms with Gasteiger partial charge in [0.25, 0.3) is 0 Å². The van der Waals surface area contributed by atoms with Gasteiger partial charge in [-0.15, -0.1) is 0 Å². The van der Waals surface area contributed by atoms with E-state index >= 15 is 0 Å². The molecule has 0 aliphatic rings. The molecule has 0 fully saturated rings. The van der Waals surface area contributed by atoms with E-state index in [0.717, 1.165) is 22.3 Å². The molecule has 0 unspecified atom stereocenters. The lowest BCUT2D eigenvalue weighted by atomic mass is 10.0. The number of aromatic nitrogens is 1. The molecule has 0 radical (unpaired) electrons. The summed E-state index contributed by atoms with van der Waals surface area (Å²) in [4.78, 5) is 0. The Kier molecular flexibility index (Phi) is 3.20. The third kappa shape index (κ3) is 2.06. The van der Waals surface area contributed by atoms with Gasteiger partial charge >= 0.3 is 0 Å². The topological polar surface area (TPSA) is 52.0 Å². The summed E-state index contributed by atoms with van der Waals surface area (Å²) in [5.41, 5.74) is 9.47. The lowest BCUT2D eigenvalue weighted by Crippen LogP contribution is -1.89. The minimum absolute atomic E-state index is 0.365. The molecule has 2 N–H and O–H groups in total. The van der Waals surface area contributed by atoms with Crippen molar-refractivity contribution in [2.45, 2.75) is 6.92 Å². The summed E-state index contributed by atoms with van der Waals surface area (Å²) < 4.78 is 5.41. The summed E-state index contributed by atoms with van der Waals surface area (Å²) in [5, 5.41) is 4.54. The van der Waals surface area contributed by atoms with Crippen LogP contribution in [-0.4, -0.2) is 5.16 Å². The van der Waals surface area contributed by atoms with Crippen molar-refractivity contribution < 1.29 is 4.52 Å². The third-order valence-electron chi connectivity index (χ3n) is 3.22. The van der Waals surface area contributed by atoms with Crippen molar-refractivity contribution in [2.75, 3.05) is 5.73 Å². The van der Waals surface area contributed by atoms with Gasteiger partial charge in [-0.25, -0.2) is 0 Å². The number of halogens is 1. The van der Waals surface area contributed by atoms with Crippen LogP contribution < -0.4 is 5.73 Å². The van der Waals surface area contributed by atoms with E-state index in [1.165, 1.54) is 0 Å². The molecule has 0 aliphatic heterocycles. The maximum Gasteiger partial charge on any atom is 0.178 e. The van der Waals surface area contributed by atoms with Gasteiger partial charge < -0.3 is 10.3 Å². The molecule has 3 rings (SSSR count). The van der Waals surface area contributed by atoms with E-state index in [0.29, 0.717) is 16.6 Å². The smallest absolute Gasteiger partial charge is 0.178 e. The molecule has 0 spiro atoms. The van der Waals surface area contributed by atoms with Gasteiger partial charge in [-0.05, 0) is 24.1 Å². The Morgan fingerprint density at radius 1 is 1.05 bits per heavy atom. The Labute approximate surface area is 122 Å². The minimum atomic E-state index is 0.365. The minimum Gasteiger partial charge on any atom is -0.380 e. The van der Waals surface area contributed by atoms with Gasteiger partial charge in [0.1, 0.15) is 0 Å². The molecule has 3 nitrogen and oxygen atoms in total. The number of nitrogens with two attached hydrogens (primary N) is 1. The summed E-state index contributed by atoms with van der Waals surface area (Å²) in [6, 6.07) is 15.6. The van der Waals surface area contributed by atoms with Gasteiger partial charge in [0.2, 0.25) is 0 Å². The molecule has 3 aromatic rings. The summed E-state index contributed by atoms with van der Waals surface area (Å²) in [7, 11) is 0. The van der Waals surface area contributed by atoms with Gasteiger partial charge in [-0.3, -0.25) is 0 Å². The van der Waals surface area contributed by atoms with E-state index in [9.17, 15) is 0 Å². The highest BCUT2D eigenvalue weighted by molar-refractivity contribution is 6.34. The molecule has 2 aromatic carbocycles. The Morgan fingerprint density at radius 2 is 1.80 bits per heavy atom. The van der Waals surface area contributed by atoms with E-state index in [-0.39, 0.29) is 0 Å². The Bertz CT molecular complexity index is 750. The fourth-order valence-corrected chi connectivity index (χ4v) is 2.40. The third-order valence-corrected chi connectivity index (χ3v) is 3.72. The average molecular weight is 285 g/mol. The van der Waals surface area contributed by atoms with Crippen molar-refractivity contribution >= 4 is 17.4 Å². The summed E-state index contributed by atoms with van der Waals surface area (Å²) in [6.07, 6.45) is 0. The van der Waals surface area contributed by atoms with E-state index in [1.54, 1.807) is 0 Å². The lowest BCUT2D eigenvalue weighted by molar-refractivity contribution is 0.436. The first-order chi connectivity index (χ1) is 9.68. The lowest BCUT2D eigenvalue weighted by Gasteiger charge is -2.06. The van der Waals surface area contributed by atoms with Crippen LogP contribution in [0.15, 0.2) is 53.1 Å². The first kappa shape index (κ1) is 12.8. The van der Waals surface area contributed by atoms with Gasteiger partial charge in [-0.2, -0.15) is 0 Å². The van der Waals surface area contributed by atoms with Crippen LogP contribution in [-0.2, 0) is 0 Å². The van der Waals surface area contributed by atoms with Gasteiger partial charge in [0.15, 0.2) is 11.6 Å². The SMILES string of the molecule is Cc1cccc(-c2onc(N)c2-c2ccccc2)c1Cl. The first-order valence-corrected chi connectivity index (χ1v) is 6.62. The Hall–Kier alpha value is -2.26. The Balaban J connectivity index is 2.24. The Morgan fingerprint density at radius 3 is 2.55 bits per heavy atom. The number of nitrogen functional groups attached to an aromatic ring is 1. The standard InChI is InChI=1S/C16H13ClN2O/c1-10-6-5-9-12(14(10)17)15-13(16(18)19-20-15)11-7-3-2-4-8-11/h2-9H,1H3,(H2,18,19). The molecule has 0 bridgehead atoms. The number of benzene rings is 2. The van der Waals surface area contributed by atoms with Crippen LogP contribution in [0.2, 0.25) is 5.02 Å². The van der Waals surface area contributed by atoms with E-state index in [2.05, 4.69) is 5.16 Å². The summed E-state index contributed by atoms with van der Waals surface area (Å²) in [5.74, 6) is 0.964. The number of hydrogen-bond donors (Lipinski definition) is 1. The molecular weight excluding hydrogens is 272 g/mol. The zero-order valence-corrected chi connectivity index (χ0v) is 11.7. The maximum absolute atomic E-state index is 6.37. The summed E-state index contributed by atoms with van der Waals surface area (Å²) >= 11 is 6.37. The summed E-state index contributed by atoms with van der Waals surface area (Å²) in [6.45, 7) is 1.95. The monoisotopic (exact) mass is 284 g/mol. The maximum atomic E-state index is 6.37.